The van der Waals surface area contributed by atoms with Crippen molar-refractivity contribution >= 4 is 46.4 Å². The Balaban J connectivity index is 3.17. The first kappa shape index (κ1) is 19.2. The molecule has 0 heterocycles. The molecule has 0 spiro atoms. The predicted molar refractivity (Wildman–Crippen MR) is 86.4 cm³/mol. The lowest BCUT2D eigenvalue weighted by molar-refractivity contribution is 0.546. The Bertz CT molecular complexity index is 177. The second kappa shape index (κ2) is 11.9. The SMILES string of the molecule is CCCCCCCCCCCCC(Cl)C(Cl)(Cl)Cl. The average molecular weight is 336 g/mol. The molecule has 0 saturated carbocycles. The largest absolute Gasteiger partial charge is 0.206 e. The van der Waals surface area contributed by atoms with Gasteiger partial charge in [-0.05, 0) is 6.42 Å². The van der Waals surface area contributed by atoms with Gasteiger partial charge in [0.15, 0.2) is 0 Å². The van der Waals surface area contributed by atoms with Gasteiger partial charge in [-0.3, -0.25) is 0 Å². The van der Waals surface area contributed by atoms with Crippen LogP contribution in [0.4, 0.5) is 0 Å². The minimum atomic E-state index is -1.32. The van der Waals surface area contributed by atoms with E-state index in [0.717, 1.165) is 12.8 Å². The summed E-state index contributed by atoms with van der Waals surface area (Å²) in [7, 11) is 0. The Hall–Kier alpha value is 1.16. The fourth-order valence-electron chi connectivity index (χ4n) is 1.97. The van der Waals surface area contributed by atoms with Crippen LogP contribution in [0, 0.1) is 0 Å². The standard InChI is InChI=1S/C14H26Cl4/c1-2-3-4-5-6-7-8-9-10-11-12-13(15)14(16,17)18/h13H,2-12H2,1H3. The van der Waals surface area contributed by atoms with E-state index in [-0.39, 0.29) is 5.38 Å². The fraction of sp³-hybridized carbons (Fsp3) is 1.00. The highest BCUT2D eigenvalue weighted by atomic mass is 35.6. The van der Waals surface area contributed by atoms with Crippen LogP contribution in [0.5, 0.6) is 0 Å². The lowest BCUT2D eigenvalue weighted by atomic mass is 10.1. The highest BCUT2D eigenvalue weighted by molar-refractivity contribution is 6.70. The maximum absolute atomic E-state index is 5.97. The van der Waals surface area contributed by atoms with Crippen molar-refractivity contribution in [2.45, 2.75) is 86.7 Å². The van der Waals surface area contributed by atoms with Crippen LogP contribution in [0.25, 0.3) is 0 Å². The van der Waals surface area contributed by atoms with Crippen LogP contribution in [-0.2, 0) is 0 Å². The van der Waals surface area contributed by atoms with Crippen molar-refractivity contribution in [3.05, 3.63) is 0 Å². The summed E-state index contributed by atoms with van der Waals surface area (Å²) >= 11 is 23.1. The summed E-state index contributed by atoms with van der Waals surface area (Å²) in [5.41, 5.74) is 0. The van der Waals surface area contributed by atoms with Crippen LogP contribution in [0.2, 0.25) is 0 Å². The van der Waals surface area contributed by atoms with E-state index in [0.29, 0.717) is 0 Å². The maximum Gasteiger partial charge on any atom is 0.206 e. The van der Waals surface area contributed by atoms with E-state index < -0.39 is 3.79 Å². The van der Waals surface area contributed by atoms with Gasteiger partial charge in [0, 0.05) is 0 Å². The second-order valence-electron chi connectivity index (χ2n) is 4.98. The molecule has 4 heteroatoms. The number of unbranched alkanes of at least 4 members (excludes halogenated alkanes) is 9. The molecule has 0 aliphatic carbocycles. The van der Waals surface area contributed by atoms with E-state index in [1.807, 2.05) is 0 Å². The number of alkyl halides is 4. The monoisotopic (exact) mass is 334 g/mol. The lowest BCUT2D eigenvalue weighted by Gasteiger charge is -2.17. The molecule has 0 aromatic rings. The number of rotatable bonds is 11. The van der Waals surface area contributed by atoms with Crippen LogP contribution in [0.15, 0.2) is 0 Å². The molecule has 0 saturated heterocycles. The third-order valence-electron chi connectivity index (χ3n) is 3.17. The molecule has 0 bridgehead atoms. The molecule has 0 aliphatic rings. The van der Waals surface area contributed by atoms with Crippen molar-refractivity contribution in [2.24, 2.45) is 0 Å². The van der Waals surface area contributed by atoms with Crippen LogP contribution < -0.4 is 0 Å². The fourth-order valence-corrected chi connectivity index (χ4v) is 2.46. The highest BCUT2D eigenvalue weighted by Crippen LogP contribution is 2.36. The van der Waals surface area contributed by atoms with Gasteiger partial charge in [0.25, 0.3) is 0 Å². The molecule has 0 aliphatic heterocycles. The van der Waals surface area contributed by atoms with E-state index in [1.54, 1.807) is 0 Å². The molecule has 0 aromatic heterocycles. The Morgan fingerprint density at radius 2 is 1.11 bits per heavy atom. The lowest BCUT2D eigenvalue weighted by Crippen LogP contribution is -2.18. The quantitative estimate of drug-likeness (QED) is 0.275. The molecule has 0 rings (SSSR count). The van der Waals surface area contributed by atoms with Gasteiger partial charge in [-0.25, -0.2) is 0 Å². The minimum absolute atomic E-state index is 0.364. The van der Waals surface area contributed by atoms with Crippen molar-refractivity contribution < 1.29 is 0 Å². The van der Waals surface area contributed by atoms with Gasteiger partial charge in [-0.15, -0.1) is 11.6 Å². The smallest absolute Gasteiger partial charge is 0.118 e. The van der Waals surface area contributed by atoms with Gasteiger partial charge in [-0.2, -0.15) is 0 Å². The molecule has 0 amide bonds. The summed E-state index contributed by atoms with van der Waals surface area (Å²) in [6.07, 6.45) is 13.9. The molecule has 110 valence electrons. The van der Waals surface area contributed by atoms with E-state index in [9.17, 15) is 0 Å². The Kier molecular flexibility index (Phi) is 12.7. The summed E-state index contributed by atoms with van der Waals surface area (Å²) in [5, 5.41) is -0.364. The van der Waals surface area contributed by atoms with Gasteiger partial charge in [0.05, 0.1) is 5.38 Å². The molecule has 1 atom stereocenters. The van der Waals surface area contributed by atoms with Crippen LogP contribution >= 0.6 is 46.4 Å². The van der Waals surface area contributed by atoms with Gasteiger partial charge in [0.2, 0.25) is 3.79 Å². The van der Waals surface area contributed by atoms with E-state index in [1.165, 1.54) is 57.8 Å². The first-order chi connectivity index (χ1) is 8.48. The molecule has 0 fully saturated rings. The zero-order valence-electron chi connectivity index (χ0n) is 11.4. The number of halogens is 4. The van der Waals surface area contributed by atoms with E-state index in [4.69, 9.17) is 46.4 Å². The first-order valence-corrected chi connectivity index (χ1v) is 8.76. The second-order valence-corrected chi connectivity index (χ2v) is 7.88. The van der Waals surface area contributed by atoms with Crippen LogP contribution in [0.1, 0.15) is 77.6 Å². The third-order valence-corrected chi connectivity index (χ3v) is 4.84. The molecule has 0 N–H and O–H groups in total. The van der Waals surface area contributed by atoms with Crippen molar-refractivity contribution in [1.82, 2.24) is 0 Å². The van der Waals surface area contributed by atoms with Crippen molar-refractivity contribution in [3.63, 3.8) is 0 Å². The maximum atomic E-state index is 5.97. The summed E-state index contributed by atoms with van der Waals surface area (Å²) < 4.78 is -1.32. The molecule has 0 radical (unpaired) electrons. The molecule has 18 heavy (non-hydrogen) atoms. The summed E-state index contributed by atoms with van der Waals surface area (Å²) in [6.45, 7) is 2.25. The Morgan fingerprint density at radius 1 is 0.722 bits per heavy atom. The van der Waals surface area contributed by atoms with Gasteiger partial charge >= 0.3 is 0 Å². The minimum Gasteiger partial charge on any atom is -0.118 e. The molecule has 0 aromatic carbocycles. The molecular formula is C14H26Cl4. The summed E-state index contributed by atoms with van der Waals surface area (Å²) in [4.78, 5) is 0. The normalized spacial score (nSPS) is 13.8. The zero-order valence-corrected chi connectivity index (χ0v) is 14.4. The predicted octanol–water partition coefficient (Wildman–Crippen LogP) is 7.28. The van der Waals surface area contributed by atoms with Gasteiger partial charge in [0.1, 0.15) is 0 Å². The third kappa shape index (κ3) is 12.2. The number of hydrogen-bond donors (Lipinski definition) is 0. The van der Waals surface area contributed by atoms with Gasteiger partial charge in [-0.1, -0.05) is 106 Å². The summed E-state index contributed by atoms with van der Waals surface area (Å²) in [5.74, 6) is 0. The molecule has 0 nitrogen and oxygen atoms in total. The van der Waals surface area contributed by atoms with E-state index in [2.05, 4.69) is 6.92 Å². The van der Waals surface area contributed by atoms with Crippen molar-refractivity contribution in [2.75, 3.05) is 0 Å². The zero-order chi connectivity index (χ0) is 13.9. The van der Waals surface area contributed by atoms with E-state index >= 15 is 0 Å². The topological polar surface area (TPSA) is 0 Å². The first-order valence-electron chi connectivity index (χ1n) is 7.19. The Morgan fingerprint density at radius 3 is 1.50 bits per heavy atom. The molecular weight excluding hydrogens is 310 g/mol. The van der Waals surface area contributed by atoms with Gasteiger partial charge < -0.3 is 0 Å². The average Bonchev–Trinajstić information content (AvgIpc) is 2.30. The highest BCUT2D eigenvalue weighted by Gasteiger charge is 2.29. The van der Waals surface area contributed by atoms with Crippen LogP contribution in [-0.4, -0.2) is 9.17 Å². The van der Waals surface area contributed by atoms with Crippen molar-refractivity contribution in [3.8, 4) is 0 Å². The van der Waals surface area contributed by atoms with Crippen molar-refractivity contribution in [1.29, 1.82) is 0 Å². The number of hydrogen-bond acceptors (Lipinski definition) is 0. The van der Waals surface area contributed by atoms with Crippen LogP contribution in [0.3, 0.4) is 0 Å². The molecule has 1 unspecified atom stereocenters. The summed E-state index contributed by atoms with van der Waals surface area (Å²) in [6, 6.07) is 0. The Labute approximate surface area is 133 Å².